The minimum atomic E-state index is -0.851. The first-order valence-corrected chi connectivity index (χ1v) is 4.61. The molecule has 14 heavy (non-hydrogen) atoms. The van der Waals surface area contributed by atoms with E-state index in [1.54, 1.807) is 11.8 Å². The molecule has 1 aliphatic heterocycles. The van der Waals surface area contributed by atoms with Gasteiger partial charge in [-0.3, -0.25) is 0 Å². The van der Waals surface area contributed by atoms with Gasteiger partial charge in [-0.1, -0.05) is 5.10 Å². The zero-order valence-corrected chi connectivity index (χ0v) is 7.98. The first kappa shape index (κ1) is 9.39. The van der Waals surface area contributed by atoms with Crippen LogP contribution in [0.25, 0.3) is 0 Å². The highest BCUT2D eigenvalue weighted by Gasteiger charge is 2.34. The van der Waals surface area contributed by atoms with Crippen molar-refractivity contribution in [3.63, 3.8) is 0 Å². The summed E-state index contributed by atoms with van der Waals surface area (Å²) in [5, 5.41) is 7.55. The molecule has 0 radical (unpaired) electrons. The molecular formula is C8H13FN4O. The van der Waals surface area contributed by atoms with Gasteiger partial charge < -0.3 is 15.1 Å². The summed E-state index contributed by atoms with van der Waals surface area (Å²) < 4.78 is 18.3. The Morgan fingerprint density at radius 1 is 1.64 bits per heavy atom. The van der Waals surface area contributed by atoms with Crippen LogP contribution >= 0.6 is 0 Å². The Morgan fingerprint density at radius 3 is 3.00 bits per heavy atom. The number of hydrogen-bond acceptors (Lipinski definition) is 5. The Balaban J connectivity index is 2.17. The lowest BCUT2D eigenvalue weighted by atomic mass is 10.2. The van der Waals surface area contributed by atoms with Crippen LogP contribution in [0, 0.1) is 6.92 Å². The Hall–Kier alpha value is -1.17. The van der Waals surface area contributed by atoms with Crippen molar-refractivity contribution in [2.24, 2.45) is 5.73 Å². The summed E-state index contributed by atoms with van der Waals surface area (Å²) in [6, 6.07) is 0.350. The summed E-state index contributed by atoms with van der Waals surface area (Å²) in [6.45, 7) is 2.41. The SMILES string of the molecule is Cc1nnc(N2C[C@@H](F)C[C@H]2CN)o1. The van der Waals surface area contributed by atoms with Crippen LogP contribution in [0.1, 0.15) is 12.3 Å². The molecule has 1 fully saturated rings. The van der Waals surface area contributed by atoms with Crippen LogP contribution in [0.15, 0.2) is 4.42 Å². The molecule has 2 heterocycles. The quantitative estimate of drug-likeness (QED) is 0.741. The second kappa shape index (κ2) is 3.53. The van der Waals surface area contributed by atoms with Crippen LogP contribution in [-0.2, 0) is 0 Å². The van der Waals surface area contributed by atoms with E-state index in [2.05, 4.69) is 10.2 Å². The molecule has 0 aromatic carbocycles. The molecule has 2 rings (SSSR count). The fraction of sp³-hybridized carbons (Fsp3) is 0.750. The molecule has 2 N–H and O–H groups in total. The standard InChI is InChI=1S/C8H13FN4O/c1-5-11-12-8(14-5)13-4-6(9)2-7(13)3-10/h6-7H,2-4,10H2,1H3/t6-,7-/m0/s1. The molecule has 1 aromatic heterocycles. The van der Waals surface area contributed by atoms with Crippen molar-refractivity contribution in [3.8, 4) is 0 Å². The third-order valence-corrected chi connectivity index (χ3v) is 2.40. The number of alkyl halides is 1. The molecule has 5 nitrogen and oxygen atoms in total. The number of nitrogens with two attached hydrogens (primary N) is 1. The van der Waals surface area contributed by atoms with E-state index < -0.39 is 6.17 Å². The Labute approximate surface area is 81.1 Å². The molecule has 1 aliphatic rings. The van der Waals surface area contributed by atoms with Crippen LogP contribution in [0.3, 0.4) is 0 Å². The Kier molecular flexibility index (Phi) is 2.37. The van der Waals surface area contributed by atoms with E-state index in [1.165, 1.54) is 0 Å². The van der Waals surface area contributed by atoms with Crippen molar-refractivity contribution in [1.29, 1.82) is 0 Å². The van der Waals surface area contributed by atoms with Crippen LogP contribution in [-0.4, -0.2) is 35.5 Å². The molecule has 0 saturated carbocycles. The summed E-state index contributed by atoms with van der Waals surface area (Å²) in [4.78, 5) is 1.74. The molecule has 0 spiro atoms. The smallest absolute Gasteiger partial charge is 0.318 e. The lowest BCUT2D eigenvalue weighted by Crippen LogP contribution is -2.35. The normalized spacial score (nSPS) is 27.2. The van der Waals surface area contributed by atoms with Crippen molar-refractivity contribution in [3.05, 3.63) is 5.89 Å². The van der Waals surface area contributed by atoms with Crippen LogP contribution in [0.4, 0.5) is 10.4 Å². The van der Waals surface area contributed by atoms with Gasteiger partial charge in [0, 0.05) is 25.9 Å². The van der Waals surface area contributed by atoms with E-state index in [9.17, 15) is 4.39 Å². The van der Waals surface area contributed by atoms with Crippen molar-refractivity contribution in [2.45, 2.75) is 25.6 Å². The summed E-state index contributed by atoms with van der Waals surface area (Å²) in [7, 11) is 0. The zero-order valence-electron chi connectivity index (χ0n) is 7.98. The van der Waals surface area contributed by atoms with E-state index >= 15 is 0 Å². The molecule has 2 atom stereocenters. The van der Waals surface area contributed by atoms with E-state index in [0.29, 0.717) is 31.4 Å². The Morgan fingerprint density at radius 2 is 2.43 bits per heavy atom. The van der Waals surface area contributed by atoms with Gasteiger partial charge in [-0.2, -0.15) is 0 Å². The number of hydrogen-bond donors (Lipinski definition) is 1. The topological polar surface area (TPSA) is 68.2 Å². The van der Waals surface area contributed by atoms with Gasteiger partial charge in [0.25, 0.3) is 0 Å². The molecule has 1 saturated heterocycles. The van der Waals surface area contributed by atoms with Crippen molar-refractivity contribution in [1.82, 2.24) is 10.2 Å². The summed E-state index contributed by atoms with van der Waals surface area (Å²) in [6.07, 6.45) is -0.409. The van der Waals surface area contributed by atoms with Gasteiger partial charge in [0.05, 0.1) is 6.54 Å². The van der Waals surface area contributed by atoms with Gasteiger partial charge >= 0.3 is 6.01 Å². The number of aryl methyl sites for hydroxylation is 1. The second-order valence-corrected chi connectivity index (χ2v) is 3.48. The maximum Gasteiger partial charge on any atom is 0.318 e. The molecule has 0 unspecified atom stereocenters. The molecule has 0 bridgehead atoms. The fourth-order valence-corrected chi connectivity index (χ4v) is 1.72. The average Bonchev–Trinajstić information content (AvgIpc) is 2.71. The van der Waals surface area contributed by atoms with E-state index in [4.69, 9.17) is 10.2 Å². The van der Waals surface area contributed by atoms with Gasteiger partial charge in [0.15, 0.2) is 0 Å². The lowest BCUT2D eigenvalue weighted by Gasteiger charge is -2.19. The number of aromatic nitrogens is 2. The summed E-state index contributed by atoms with van der Waals surface area (Å²) in [5.74, 6) is 0.484. The second-order valence-electron chi connectivity index (χ2n) is 3.48. The average molecular weight is 200 g/mol. The third-order valence-electron chi connectivity index (χ3n) is 2.40. The minimum Gasteiger partial charge on any atom is -0.408 e. The molecule has 78 valence electrons. The Bertz CT molecular complexity index is 316. The fourth-order valence-electron chi connectivity index (χ4n) is 1.72. The number of halogens is 1. The van der Waals surface area contributed by atoms with Gasteiger partial charge in [0.1, 0.15) is 6.17 Å². The highest BCUT2D eigenvalue weighted by atomic mass is 19.1. The van der Waals surface area contributed by atoms with Crippen molar-refractivity contribution < 1.29 is 8.81 Å². The van der Waals surface area contributed by atoms with Gasteiger partial charge in [-0.25, -0.2) is 4.39 Å². The van der Waals surface area contributed by atoms with E-state index in [1.807, 2.05) is 0 Å². The van der Waals surface area contributed by atoms with Crippen LogP contribution < -0.4 is 10.6 Å². The van der Waals surface area contributed by atoms with E-state index in [-0.39, 0.29) is 6.04 Å². The molecule has 6 heteroatoms. The number of rotatable bonds is 2. The summed E-state index contributed by atoms with van der Waals surface area (Å²) >= 11 is 0. The predicted octanol–water partition coefficient (Wildman–Crippen LogP) is 0.254. The maximum absolute atomic E-state index is 13.1. The van der Waals surface area contributed by atoms with Crippen LogP contribution in [0.5, 0.6) is 0 Å². The van der Waals surface area contributed by atoms with Crippen molar-refractivity contribution in [2.75, 3.05) is 18.0 Å². The predicted molar refractivity (Wildman–Crippen MR) is 48.7 cm³/mol. The molecule has 0 aliphatic carbocycles. The highest BCUT2D eigenvalue weighted by Crippen LogP contribution is 2.25. The molecular weight excluding hydrogens is 187 g/mol. The molecule has 1 aromatic rings. The first-order chi connectivity index (χ1) is 6.70. The van der Waals surface area contributed by atoms with Crippen molar-refractivity contribution >= 4 is 6.01 Å². The first-order valence-electron chi connectivity index (χ1n) is 4.61. The zero-order chi connectivity index (χ0) is 10.1. The minimum absolute atomic E-state index is 0.0233. The van der Waals surface area contributed by atoms with Crippen LogP contribution in [0.2, 0.25) is 0 Å². The van der Waals surface area contributed by atoms with Gasteiger partial charge in [-0.05, 0) is 0 Å². The van der Waals surface area contributed by atoms with Gasteiger partial charge in [-0.15, -0.1) is 5.10 Å². The largest absolute Gasteiger partial charge is 0.408 e. The highest BCUT2D eigenvalue weighted by molar-refractivity contribution is 5.30. The maximum atomic E-state index is 13.1. The monoisotopic (exact) mass is 200 g/mol. The van der Waals surface area contributed by atoms with Gasteiger partial charge in [0.2, 0.25) is 5.89 Å². The lowest BCUT2D eigenvalue weighted by molar-refractivity contribution is 0.356. The number of nitrogens with zero attached hydrogens (tertiary/aromatic N) is 3. The molecule has 0 amide bonds. The number of anilines is 1. The third kappa shape index (κ3) is 1.57. The summed E-state index contributed by atoms with van der Waals surface area (Å²) in [5.41, 5.74) is 5.53. The van der Waals surface area contributed by atoms with E-state index in [0.717, 1.165) is 0 Å².